The minimum atomic E-state index is -0.334. The number of thiazole rings is 1. The van der Waals surface area contributed by atoms with Gasteiger partial charge in [-0.3, -0.25) is 9.59 Å². The van der Waals surface area contributed by atoms with Crippen molar-refractivity contribution in [3.05, 3.63) is 65.2 Å². The number of hydrogen-bond acceptors (Lipinski definition) is 4. The molecule has 0 aliphatic rings. The second-order valence-electron chi connectivity index (χ2n) is 6.19. The summed E-state index contributed by atoms with van der Waals surface area (Å²) in [6.07, 6.45) is 0.213. The second kappa shape index (κ2) is 8.10. The SMILES string of the molecule is CC(=O)N[C@H](CC(=O)N(C)Cc1nc2ccccc2s1)c1ccccc1. The fraction of sp³-hybridized carbons (Fsp3) is 0.250. The second-order valence-corrected chi connectivity index (χ2v) is 7.31. The van der Waals surface area contributed by atoms with Crippen molar-refractivity contribution in [1.82, 2.24) is 15.2 Å². The van der Waals surface area contributed by atoms with Crippen LogP contribution in [0.4, 0.5) is 0 Å². The molecule has 0 aliphatic carbocycles. The molecule has 0 bridgehead atoms. The zero-order chi connectivity index (χ0) is 18.5. The van der Waals surface area contributed by atoms with Gasteiger partial charge in [0.1, 0.15) is 5.01 Å². The van der Waals surface area contributed by atoms with E-state index in [1.165, 1.54) is 6.92 Å². The molecule has 0 unspecified atom stereocenters. The first-order valence-corrected chi connectivity index (χ1v) is 9.25. The standard InChI is InChI=1S/C20H21N3O2S/c1-14(24)21-17(15-8-4-3-5-9-15)12-20(25)23(2)13-19-22-16-10-6-7-11-18(16)26-19/h3-11,17H,12-13H2,1-2H3,(H,21,24)/t17-/m1/s1. The molecule has 0 aliphatic heterocycles. The highest BCUT2D eigenvalue weighted by atomic mass is 32.1. The molecular weight excluding hydrogens is 346 g/mol. The lowest BCUT2D eigenvalue weighted by Gasteiger charge is -2.22. The highest BCUT2D eigenvalue weighted by molar-refractivity contribution is 7.18. The van der Waals surface area contributed by atoms with Gasteiger partial charge in [0.25, 0.3) is 0 Å². The smallest absolute Gasteiger partial charge is 0.225 e. The van der Waals surface area contributed by atoms with Crippen LogP contribution in [0, 0.1) is 0 Å². The maximum atomic E-state index is 12.7. The largest absolute Gasteiger partial charge is 0.349 e. The molecule has 0 spiro atoms. The molecule has 0 saturated heterocycles. The van der Waals surface area contributed by atoms with Gasteiger partial charge in [-0.2, -0.15) is 0 Å². The molecule has 0 fully saturated rings. The van der Waals surface area contributed by atoms with Crippen molar-refractivity contribution in [1.29, 1.82) is 0 Å². The Balaban J connectivity index is 1.69. The average molecular weight is 367 g/mol. The number of fused-ring (bicyclic) bond motifs is 1. The number of benzene rings is 2. The van der Waals surface area contributed by atoms with Crippen molar-refractivity contribution in [2.24, 2.45) is 0 Å². The topological polar surface area (TPSA) is 62.3 Å². The van der Waals surface area contributed by atoms with Gasteiger partial charge < -0.3 is 10.2 Å². The van der Waals surface area contributed by atoms with E-state index in [1.54, 1.807) is 23.3 Å². The van der Waals surface area contributed by atoms with Crippen molar-refractivity contribution in [3.8, 4) is 0 Å². The third kappa shape index (κ3) is 4.46. The summed E-state index contributed by atoms with van der Waals surface area (Å²) in [7, 11) is 1.77. The lowest BCUT2D eigenvalue weighted by Crippen LogP contribution is -2.33. The Morgan fingerprint density at radius 3 is 2.50 bits per heavy atom. The number of nitrogens with one attached hydrogen (secondary N) is 1. The van der Waals surface area contributed by atoms with Gasteiger partial charge in [0.05, 0.1) is 29.2 Å². The zero-order valence-electron chi connectivity index (χ0n) is 14.8. The van der Waals surface area contributed by atoms with E-state index in [9.17, 15) is 9.59 Å². The molecule has 134 valence electrons. The van der Waals surface area contributed by atoms with Crippen LogP contribution in [0.2, 0.25) is 0 Å². The number of amides is 2. The van der Waals surface area contributed by atoms with Gasteiger partial charge in [0, 0.05) is 14.0 Å². The molecule has 2 aromatic carbocycles. The number of carbonyl (C=O) groups is 2. The molecule has 0 radical (unpaired) electrons. The summed E-state index contributed by atoms with van der Waals surface area (Å²) in [6.45, 7) is 1.92. The molecule has 1 atom stereocenters. The van der Waals surface area contributed by atoms with Gasteiger partial charge >= 0.3 is 0 Å². The van der Waals surface area contributed by atoms with Crippen LogP contribution in [-0.2, 0) is 16.1 Å². The molecule has 3 aromatic rings. The van der Waals surface area contributed by atoms with Crippen LogP contribution in [0.15, 0.2) is 54.6 Å². The van der Waals surface area contributed by atoms with Crippen LogP contribution in [0.1, 0.15) is 30.0 Å². The molecule has 3 rings (SSSR count). The molecule has 0 saturated carbocycles. The van der Waals surface area contributed by atoms with E-state index in [0.29, 0.717) is 6.54 Å². The minimum absolute atomic E-state index is 0.0353. The van der Waals surface area contributed by atoms with E-state index in [2.05, 4.69) is 10.3 Å². The number of nitrogens with zero attached hydrogens (tertiary/aromatic N) is 2. The monoisotopic (exact) mass is 367 g/mol. The van der Waals surface area contributed by atoms with E-state index < -0.39 is 0 Å². The van der Waals surface area contributed by atoms with E-state index in [0.717, 1.165) is 20.8 Å². The van der Waals surface area contributed by atoms with Crippen LogP contribution in [0.25, 0.3) is 10.2 Å². The Morgan fingerprint density at radius 2 is 1.81 bits per heavy atom. The van der Waals surface area contributed by atoms with Crippen LogP contribution in [-0.4, -0.2) is 28.7 Å². The number of aromatic nitrogens is 1. The summed E-state index contributed by atoms with van der Waals surface area (Å²) in [5.41, 5.74) is 1.87. The first-order valence-electron chi connectivity index (χ1n) is 8.43. The molecule has 1 heterocycles. The third-order valence-corrected chi connectivity index (χ3v) is 5.12. The molecular formula is C20H21N3O2S. The Kier molecular flexibility index (Phi) is 5.63. The van der Waals surface area contributed by atoms with E-state index in [1.807, 2.05) is 54.6 Å². The van der Waals surface area contributed by atoms with Crippen LogP contribution >= 0.6 is 11.3 Å². The minimum Gasteiger partial charge on any atom is -0.349 e. The summed E-state index contributed by atoms with van der Waals surface area (Å²) in [5, 5.41) is 3.77. The Hall–Kier alpha value is -2.73. The first-order chi connectivity index (χ1) is 12.5. The molecule has 5 nitrogen and oxygen atoms in total. The summed E-state index contributed by atoms with van der Waals surface area (Å²) in [4.78, 5) is 30.4. The van der Waals surface area contributed by atoms with Crippen LogP contribution < -0.4 is 5.32 Å². The van der Waals surface area contributed by atoms with Gasteiger partial charge in [0.15, 0.2) is 0 Å². The lowest BCUT2D eigenvalue weighted by molar-refractivity contribution is -0.131. The van der Waals surface area contributed by atoms with Crippen molar-refractivity contribution in [3.63, 3.8) is 0 Å². The fourth-order valence-corrected chi connectivity index (χ4v) is 3.81. The summed E-state index contributed by atoms with van der Waals surface area (Å²) in [5.74, 6) is -0.188. The number of rotatable bonds is 6. The highest BCUT2D eigenvalue weighted by Gasteiger charge is 2.20. The lowest BCUT2D eigenvalue weighted by atomic mass is 10.0. The Labute approximate surface area is 156 Å². The summed E-state index contributed by atoms with van der Waals surface area (Å²) in [6, 6.07) is 17.2. The van der Waals surface area contributed by atoms with Gasteiger partial charge in [-0.05, 0) is 17.7 Å². The first kappa shape index (κ1) is 18.1. The predicted molar refractivity (Wildman–Crippen MR) is 104 cm³/mol. The summed E-state index contributed by atoms with van der Waals surface area (Å²) >= 11 is 1.59. The van der Waals surface area contributed by atoms with Crippen molar-refractivity contribution >= 4 is 33.4 Å². The third-order valence-electron chi connectivity index (χ3n) is 4.09. The predicted octanol–water partition coefficient (Wildman–Crippen LogP) is 3.52. The molecule has 1 aromatic heterocycles. The molecule has 6 heteroatoms. The maximum absolute atomic E-state index is 12.7. The molecule has 1 N–H and O–H groups in total. The van der Waals surface area contributed by atoms with Crippen LogP contribution in [0.3, 0.4) is 0 Å². The normalized spacial score (nSPS) is 11.9. The van der Waals surface area contributed by atoms with E-state index in [4.69, 9.17) is 0 Å². The van der Waals surface area contributed by atoms with E-state index in [-0.39, 0.29) is 24.3 Å². The van der Waals surface area contributed by atoms with Crippen LogP contribution in [0.5, 0.6) is 0 Å². The Bertz CT molecular complexity index is 875. The van der Waals surface area contributed by atoms with E-state index >= 15 is 0 Å². The van der Waals surface area contributed by atoms with Crippen molar-refractivity contribution < 1.29 is 9.59 Å². The Morgan fingerprint density at radius 1 is 1.12 bits per heavy atom. The van der Waals surface area contributed by atoms with Gasteiger partial charge in [0.2, 0.25) is 11.8 Å². The van der Waals surface area contributed by atoms with Gasteiger partial charge in [-0.25, -0.2) is 4.98 Å². The highest BCUT2D eigenvalue weighted by Crippen LogP contribution is 2.23. The molecule has 26 heavy (non-hydrogen) atoms. The quantitative estimate of drug-likeness (QED) is 0.725. The number of para-hydroxylation sites is 1. The fourth-order valence-electron chi connectivity index (χ4n) is 2.79. The summed E-state index contributed by atoms with van der Waals surface area (Å²) < 4.78 is 1.11. The molecule has 2 amide bonds. The van der Waals surface area contributed by atoms with Crippen molar-refractivity contribution in [2.45, 2.75) is 25.9 Å². The van der Waals surface area contributed by atoms with Gasteiger partial charge in [-0.15, -0.1) is 11.3 Å². The average Bonchev–Trinajstić information content (AvgIpc) is 3.03. The number of hydrogen-bond donors (Lipinski definition) is 1. The maximum Gasteiger partial charge on any atom is 0.225 e. The number of carbonyl (C=O) groups excluding carboxylic acids is 2. The van der Waals surface area contributed by atoms with Crippen molar-refractivity contribution in [2.75, 3.05) is 7.05 Å². The van der Waals surface area contributed by atoms with Gasteiger partial charge in [-0.1, -0.05) is 42.5 Å². The zero-order valence-corrected chi connectivity index (χ0v) is 15.6.